The molecule has 2 aromatic carbocycles. The Labute approximate surface area is 173 Å². The van der Waals surface area contributed by atoms with E-state index in [1.807, 2.05) is 30.3 Å². The summed E-state index contributed by atoms with van der Waals surface area (Å²) in [7, 11) is 0. The molecule has 0 bridgehead atoms. The van der Waals surface area contributed by atoms with Crippen LogP contribution in [0.3, 0.4) is 0 Å². The zero-order chi connectivity index (χ0) is 20.1. The quantitative estimate of drug-likeness (QED) is 0.553. The first kappa shape index (κ1) is 20.2. The summed E-state index contributed by atoms with van der Waals surface area (Å²) in [5.41, 5.74) is 1.50. The molecule has 0 radical (unpaired) electrons. The Kier molecular flexibility index (Phi) is 6.60. The molecule has 0 spiro atoms. The van der Waals surface area contributed by atoms with Crippen LogP contribution < -0.4 is 10.1 Å². The van der Waals surface area contributed by atoms with E-state index in [0.717, 1.165) is 0 Å². The molecular weight excluding hydrogens is 401 g/mol. The number of benzene rings is 2. The van der Waals surface area contributed by atoms with Crippen LogP contribution in [0.1, 0.15) is 24.8 Å². The number of carbonyl (C=O) groups is 2. The van der Waals surface area contributed by atoms with Gasteiger partial charge >= 0.3 is 5.97 Å². The van der Waals surface area contributed by atoms with Crippen molar-refractivity contribution in [1.29, 1.82) is 0 Å². The van der Waals surface area contributed by atoms with E-state index in [-0.39, 0.29) is 25.5 Å². The SMILES string of the molecule is CC1=C(C(=O)OCCOc2ccccc2)C(c2ccc(Cl)cc2Cl)CC(=O)N1. The van der Waals surface area contributed by atoms with Gasteiger partial charge in [-0.25, -0.2) is 4.79 Å². The molecule has 2 aromatic rings. The number of esters is 1. The fourth-order valence-corrected chi connectivity index (χ4v) is 3.65. The van der Waals surface area contributed by atoms with Gasteiger partial charge in [0.25, 0.3) is 0 Å². The lowest BCUT2D eigenvalue weighted by Gasteiger charge is -2.27. The van der Waals surface area contributed by atoms with Gasteiger partial charge in [0.15, 0.2) is 0 Å². The molecule has 1 N–H and O–H groups in total. The summed E-state index contributed by atoms with van der Waals surface area (Å²) in [5, 5.41) is 3.58. The van der Waals surface area contributed by atoms with Crippen LogP contribution in [0.4, 0.5) is 0 Å². The number of nitrogens with one attached hydrogen (secondary N) is 1. The number of hydrogen-bond acceptors (Lipinski definition) is 4. The van der Waals surface area contributed by atoms with E-state index in [4.69, 9.17) is 32.7 Å². The number of ether oxygens (including phenoxy) is 2. The maximum absolute atomic E-state index is 12.7. The summed E-state index contributed by atoms with van der Waals surface area (Å²) in [6.45, 7) is 1.98. The number of carbonyl (C=O) groups excluding carboxylic acids is 2. The molecule has 7 heteroatoms. The van der Waals surface area contributed by atoms with Crippen molar-refractivity contribution in [1.82, 2.24) is 5.32 Å². The van der Waals surface area contributed by atoms with Crippen LogP contribution in [0.15, 0.2) is 59.8 Å². The van der Waals surface area contributed by atoms with Gasteiger partial charge in [0.1, 0.15) is 19.0 Å². The molecule has 0 fully saturated rings. The maximum Gasteiger partial charge on any atom is 0.336 e. The summed E-state index contributed by atoms with van der Waals surface area (Å²) < 4.78 is 10.9. The van der Waals surface area contributed by atoms with Crippen molar-refractivity contribution in [2.45, 2.75) is 19.3 Å². The number of hydrogen-bond donors (Lipinski definition) is 1. The third-order valence-corrected chi connectivity index (χ3v) is 4.92. The first-order valence-corrected chi connectivity index (χ1v) is 9.52. The Hall–Kier alpha value is -2.50. The molecule has 1 unspecified atom stereocenters. The molecular formula is C21H19Cl2NO4. The summed E-state index contributed by atoms with van der Waals surface area (Å²) in [4.78, 5) is 24.8. The minimum absolute atomic E-state index is 0.0829. The molecule has 0 saturated carbocycles. The second kappa shape index (κ2) is 9.13. The van der Waals surface area contributed by atoms with Crippen LogP contribution >= 0.6 is 23.2 Å². The summed E-state index contributed by atoms with van der Waals surface area (Å²) in [6.07, 6.45) is 0.101. The Morgan fingerprint density at radius 2 is 1.89 bits per heavy atom. The summed E-state index contributed by atoms with van der Waals surface area (Å²) in [5.74, 6) is -0.492. The molecule has 0 aliphatic carbocycles. The fourth-order valence-electron chi connectivity index (χ4n) is 3.11. The number of halogens is 2. The van der Waals surface area contributed by atoms with E-state index in [1.165, 1.54) is 0 Å². The average Bonchev–Trinajstić information content (AvgIpc) is 2.65. The van der Waals surface area contributed by atoms with Crippen molar-refractivity contribution in [2.75, 3.05) is 13.2 Å². The van der Waals surface area contributed by atoms with Crippen LogP contribution in [-0.4, -0.2) is 25.1 Å². The van der Waals surface area contributed by atoms with E-state index in [0.29, 0.717) is 32.6 Å². The third-order valence-electron chi connectivity index (χ3n) is 4.36. The first-order valence-electron chi connectivity index (χ1n) is 8.76. The molecule has 3 rings (SSSR count). The predicted molar refractivity (Wildman–Crippen MR) is 108 cm³/mol. The van der Waals surface area contributed by atoms with Crippen LogP contribution in [0, 0.1) is 0 Å². The van der Waals surface area contributed by atoms with Gasteiger partial charge in [0, 0.05) is 28.1 Å². The normalized spacial score (nSPS) is 16.5. The second-order valence-corrected chi connectivity index (χ2v) is 7.15. The minimum atomic E-state index is -0.509. The van der Waals surface area contributed by atoms with Crippen LogP contribution in [0.25, 0.3) is 0 Å². The van der Waals surface area contributed by atoms with Gasteiger partial charge in [-0.05, 0) is 36.8 Å². The molecule has 0 aromatic heterocycles. The minimum Gasteiger partial charge on any atom is -0.490 e. The monoisotopic (exact) mass is 419 g/mol. The lowest BCUT2D eigenvalue weighted by atomic mass is 9.84. The van der Waals surface area contributed by atoms with Crippen molar-refractivity contribution in [2.24, 2.45) is 0 Å². The largest absolute Gasteiger partial charge is 0.490 e. The summed E-state index contributed by atoms with van der Waals surface area (Å²) in [6, 6.07) is 14.3. The molecule has 146 valence electrons. The van der Waals surface area contributed by atoms with Crippen LogP contribution in [0.2, 0.25) is 10.0 Å². The van der Waals surface area contributed by atoms with Crippen molar-refractivity contribution < 1.29 is 19.1 Å². The molecule has 1 atom stereocenters. The number of para-hydroxylation sites is 1. The molecule has 28 heavy (non-hydrogen) atoms. The number of allylic oxidation sites excluding steroid dienone is 1. The van der Waals surface area contributed by atoms with Crippen molar-refractivity contribution >= 4 is 35.1 Å². The van der Waals surface area contributed by atoms with Gasteiger partial charge in [0.05, 0.1) is 5.57 Å². The van der Waals surface area contributed by atoms with E-state index in [9.17, 15) is 9.59 Å². The summed E-state index contributed by atoms with van der Waals surface area (Å²) >= 11 is 12.3. The Balaban J connectivity index is 1.71. The Bertz CT molecular complexity index is 912. The standard InChI is InChI=1S/C21H19Cl2NO4/c1-13-20(21(26)28-10-9-27-15-5-3-2-4-6-15)17(12-19(25)24-13)16-8-7-14(22)11-18(16)23/h2-8,11,17H,9-10,12H2,1H3,(H,24,25). The molecule has 1 aliphatic heterocycles. The molecule has 1 heterocycles. The highest BCUT2D eigenvalue weighted by Gasteiger charge is 2.33. The van der Waals surface area contributed by atoms with Gasteiger partial charge < -0.3 is 14.8 Å². The van der Waals surface area contributed by atoms with Gasteiger partial charge in [-0.2, -0.15) is 0 Å². The topological polar surface area (TPSA) is 64.6 Å². The van der Waals surface area contributed by atoms with E-state index >= 15 is 0 Å². The maximum atomic E-state index is 12.7. The predicted octanol–water partition coefficient (Wildman–Crippen LogP) is 4.49. The molecule has 5 nitrogen and oxygen atoms in total. The lowest BCUT2D eigenvalue weighted by molar-refractivity contribution is -0.140. The Morgan fingerprint density at radius 3 is 2.61 bits per heavy atom. The highest BCUT2D eigenvalue weighted by atomic mass is 35.5. The Morgan fingerprint density at radius 1 is 1.14 bits per heavy atom. The number of rotatable bonds is 6. The smallest absolute Gasteiger partial charge is 0.336 e. The molecule has 0 saturated heterocycles. The van der Waals surface area contributed by atoms with Crippen molar-refractivity contribution in [3.05, 3.63) is 75.4 Å². The van der Waals surface area contributed by atoms with Gasteiger partial charge in [-0.1, -0.05) is 47.5 Å². The number of amides is 1. The lowest BCUT2D eigenvalue weighted by Crippen LogP contribution is -2.34. The molecule has 1 amide bonds. The first-order chi connectivity index (χ1) is 13.5. The highest BCUT2D eigenvalue weighted by molar-refractivity contribution is 6.35. The van der Waals surface area contributed by atoms with Crippen molar-refractivity contribution in [3.63, 3.8) is 0 Å². The second-order valence-electron chi connectivity index (χ2n) is 6.31. The van der Waals surface area contributed by atoms with Gasteiger partial charge in [0.2, 0.25) is 5.91 Å². The van der Waals surface area contributed by atoms with E-state index in [2.05, 4.69) is 5.32 Å². The van der Waals surface area contributed by atoms with Gasteiger partial charge in [-0.15, -0.1) is 0 Å². The van der Waals surface area contributed by atoms with Crippen molar-refractivity contribution in [3.8, 4) is 5.75 Å². The average molecular weight is 420 g/mol. The zero-order valence-corrected chi connectivity index (χ0v) is 16.7. The van der Waals surface area contributed by atoms with E-state index < -0.39 is 11.9 Å². The molecule has 1 aliphatic rings. The fraction of sp³-hybridized carbons (Fsp3) is 0.238. The highest BCUT2D eigenvalue weighted by Crippen LogP contribution is 2.38. The van der Waals surface area contributed by atoms with Crippen LogP contribution in [-0.2, 0) is 14.3 Å². The van der Waals surface area contributed by atoms with Crippen LogP contribution in [0.5, 0.6) is 5.75 Å². The van der Waals surface area contributed by atoms with Gasteiger partial charge in [-0.3, -0.25) is 4.79 Å². The van der Waals surface area contributed by atoms with E-state index in [1.54, 1.807) is 25.1 Å². The zero-order valence-electron chi connectivity index (χ0n) is 15.2. The third kappa shape index (κ3) is 4.86.